The molecule has 1 aromatic heterocycles. The van der Waals surface area contributed by atoms with Crippen LogP contribution in [-0.2, 0) is 16.0 Å². The zero-order valence-electron chi connectivity index (χ0n) is 18.3. The van der Waals surface area contributed by atoms with Gasteiger partial charge in [-0.2, -0.15) is 4.98 Å². The largest absolute Gasteiger partial charge is 0.493 e. The fourth-order valence-corrected chi connectivity index (χ4v) is 2.97. The lowest BCUT2D eigenvalue weighted by Gasteiger charge is -2.14. The van der Waals surface area contributed by atoms with Crippen LogP contribution in [0, 0.1) is 0 Å². The van der Waals surface area contributed by atoms with Crippen molar-refractivity contribution in [2.75, 3.05) is 38.6 Å². The Hall–Kier alpha value is -4.08. The minimum Gasteiger partial charge on any atom is -0.493 e. The van der Waals surface area contributed by atoms with Crippen molar-refractivity contribution in [2.45, 2.75) is 13.3 Å². The second-order valence-corrected chi connectivity index (χ2v) is 6.48. The maximum Gasteiger partial charge on any atom is 0.310 e. The van der Waals surface area contributed by atoms with E-state index in [2.05, 4.69) is 25.6 Å². The van der Waals surface area contributed by atoms with Gasteiger partial charge in [-0.25, -0.2) is 9.97 Å². The Kier molecular flexibility index (Phi) is 7.63. The minimum atomic E-state index is -0.276. The maximum absolute atomic E-state index is 11.7. The van der Waals surface area contributed by atoms with Crippen LogP contribution in [0.15, 0.2) is 42.7 Å². The summed E-state index contributed by atoms with van der Waals surface area (Å²) >= 11 is 0. The monoisotopic (exact) mass is 439 g/mol. The fraction of sp³-hybridized carbons (Fsp3) is 0.273. The van der Waals surface area contributed by atoms with Gasteiger partial charge in [0.25, 0.3) is 0 Å². The lowest BCUT2D eigenvalue weighted by Crippen LogP contribution is -2.08. The molecule has 0 fully saturated rings. The number of carbonyl (C=O) groups excluding carboxylic acids is 1. The third-order valence-electron chi connectivity index (χ3n) is 4.33. The predicted octanol–water partition coefficient (Wildman–Crippen LogP) is 3.49. The fourth-order valence-electron chi connectivity index (χ4n) is 2.97. The molecular formula is C22H25N5O5. The van der Waals surface area contributed by atoms with Gasteiger partial charge >= 0.3 is 5.97 Å². The molecule has 0 spiro atoms. The number of hydrogen-bond donors (Lipinski definition) is 2. The molecule has 168 valence electrons. The molecule has 2 N–H and O–H groups in total. The summed E-state index contributed by atoms with van der Waals surface area (Å²) in [4.78, 5) is 24.4. The van der Waals surface area contributed by atoms with Crippen molar-refractivity contribution in [3.05, 3.63) is 48.3 Å². The summed E-state index contributed by atoms with van der Waals surface area (Å²) in [7, 11) is 4.63. The summed E-state index contributed by atoms with van der Waals surface area (Å²) < 4.78 is 21.1. The number of anilines is 4. The van der Waals surface area contributed by atoms with Crippen molar-refractivity contribution in [3.8, 4) is 17.2 Å². The van der Waals surface area contributed by atoms with E-state index in [-0.39, 0.29) is 12.4 Å². The van der Waals surface area contributed by atoms with E-state index in [1.807, 2.05) is 24.3 Å². The van der Waals surface area contributed by atoms with E-state index in [4.69, 9.17) is 18.9 Å². The molecule has 0 saturated heterocycles. The van der Waals surface area contributed by atoms with Crippen LogP contribution in [0.3, 0.4) is 0 Å². The van der Waals surface area contributed by atoms with Gasteiger partial charge in [-0.15, -0.1) is 0 Å². The number of esters is 1. The standard InChI is InChI=1S/C22H25N5O5/c1-5-32-19(28)10-14-7-6-8-15(9-14)25-21-23-13-24-22(27-21)26-16-11-17(29-2)20(31-4)18(12-16)30-3/h6-9,11-13H,5,10H2,1-4H3,(H2,23,24,25,26,27). The molecule has 32 heavy (non-hydrogen) atoms. The van der Waals surface area contributed by atoms with Crippen LogP contribution in [0.4, 0.5) is 23.3 Å². The van der Waals surface area contributed by atoms with Crippen molar-refractivity contribution < 1.29 is 23.7 Å². The average Bonchev–Trinajstić information content (AvgIpc) is 2.79. The second kappa shape index (κ2) is 10.8. The molecule has 2 aromatic carbocycles. The Balaban J connectivity index is 1.76. The number of benzene rings is 2. The number of methoxy groups -OCH3 is 3. The molecule has 0 saturated carbocycles. The Labute approximate surface area is 185 Å². The highest BCUT2D eigenvalue weighted by atomic mass is 16.5. The highest BCUT2D eigenvalue weighted by molar-refractivity contribution is 5.73. The Bertz CT molecular complexity index is 1050. The normalized spacial score (nSPS) is 10.2. The van der Waals surface area contributed by atoms with Crippen molar-refractivity contribution in [2.24, 2.45) is 0 Å². The lowest BCUT2D eigenvalue weighted by molar-refractivity contribution is -0.142. The van der Waals surface area contributed by atoms with E-state index in [0.29, 0.717) is 41.4 Å². The zero-order valence-corrected chi connectivity index (χ0v) is 18.3. The molecule has 0 aliphatic carbocycles. The van der Waals surface area contributed by atoms with Crippen LogP contribution < -0.4 is 24.8 Å². The summed E-state index contributed by atoms with van der Waals surface area (Å²) in [5, 5.41) is 6.22. The van der Waals surface area contributed by atoms with E-state index in [0.717, 1.165) is 11.3 Å². The van der Waals surface area contributed by atoms with Gasteiger partial charge in [0.05, 0.1) is 34.4 Å². The zero-order chi connectivity index (χ0) is 22.9. The van der Waals surface area contributed by atoms with Gasteiger partial charge in [-0.05, 0) is 24.6 Å². The second-order valence-electron chi connectivity index (χ2n) is 6.48. The van der Waals surface area contributed by atoms with Gasteiger partial charge in [0, 0.05) is 23.5 Å². The van der Waals surface area contributed by atoms with E-state index >= 15 is 0 Å². The lowest BCUT2D eigenvalue weighted by atomic mass is 10.1. The van der Waals surface area contributed by atoms with Crippen molar-refractivity contribution in [3.63, 3.8) is 0 Å². The third kappa shape index (κ3) is 5.75. The van der Waals surface area contributed by atoms with E-state index < -0.39 is 0 Å². The molecule has 0 unspecified atom stereocenters. The number of nitrogens with zero attached hydrogens (tertiary/aromatic N) is 3. The van der Waals surface area contributed by atoms with Gasteiger partial charge in [-0.3, -0.25) is 4.79 Å². The molecule has 0 aliphatic rings. The smallest absolute Gasteiger partial charge is 0.310 e. The van der Waals surface area contributed by atoms with Crippen LogP contribution >= 0.6 is 0 Å². The van der Waals surface area contributed by atoms with E-state index in [9.17, 15) is 4.79 Å². The van der Waals surface area contributed by atoms with Crippen molar-refractivity contribution in [1.29, 1.82) is 0 Å². The summed E-state index contributed by atoms with van der Waals surface area (Å²) in [6.07, 6.45) is 1.58. The molecule has 3 aromatic rings. The number of nitrogens with one attached hydrogen (secondary N) is 2. The topological polar surface area (TPSA) is 117 Å². The molecule has 10 nitrogen and oxygen atoms in total. The van der Waals surface area contributed by atoms with E-state index in [1.54, 1.807) is 40.4 Å². The van der Waals surface area contributed by atoms with Crippen LogP contribution in [0.5, 0.6) is 17.2 Å². The highest BCUT2D eigenvalue weighted by Gasteiger charge is 2.14. The summed E-state index contributed by atoms with van der Waals surface area (Å²) in [6, 6.07) is 10.9. The van der Waals surface area contributed by atoms with Crippen LogP contribution in [0.2, 0.25) is 0 Å². The third-order valence-corrected chi connectivity index (χ3v) is 4.33. The summed E-state index contributed by atoms with van der Waals surface area (Å²) in [5.41, 5.74) is 2.20. The molecule has 1 heterocycles. The van der Waals surface area contributed by atoms with Gasteiger partial charge in [0.1, 0.15) is 6.33 Å². The van der Waals surface area contributed by atoms with Gasteiger partial charge in [-0.1, -0.05) is 12.1 Å². The Morgan fingerprint density at radius 3 is 2.16 bits per heavy atom. The number of hydrogen-bond acceptors (Lipinski definition) is 10. The average molecular weight is 439 g/mol. The molecule has 0 amide bonds. The molecule has 0 aliphatic heterocycles. The number of rotatable bonds is 10. The maximum atomic E-state index is 11.7. The van der Waals surface area contributed by atoms with Gasteiger partial charge in [0.15, 0.2) is 11.5 Å². The van der Waals surface area contributed by atoms with Crippen molar-refractivity contribution in [1.82, 2.24) is 15.0 Å². The van der Waals surface area contributed by atoms with Crippen LogP contribution in [0.1, 0.15) is 12.5 Å². The van der Waals surface area contributed by atoms with E-state index in [1.165, 1.54) is 6.33 Å². The highest BCUT2D eigenvalue weighted by Crippen LogP contribution is 2.40. The van der Waals surface area contributed by atoms with Gasteiger partial charge in [0.2, 0.25) is 17.6 Å². The molecule has 0 atom stereocenters. The number of carbonyl (C=O) groups is 1. The van der Waals surface area contributed by atoms with Crippen LogP contribution in [0.25, 0.3) is 0 Å². The van der Waals surface area contributed by atoms with Crippen LogP contribution in [-0.4, -0.2) is 48.9 Å². The first kappa shape index (κ1) is 22.6. The quantitative estimate of drug-likeness (QED) is 0.455. The summed E-state index contributed by atoms with van der Waals surface area (Å²) in [6.45, 7) is 2.13. The van der Waals surface area contributed by atoms with Crippen molar-refractivity contribution >= 4 is 29.2 Å². The van der Waals surface area contributed by atoms with Gasteiger partial charge < -0.3 is 29.6 Å². The molecule has 10 heteroatoms. The summed E-state index contributed by atoms with van der Waals surface area (Å²) in [5.74, 6) is 1.87. The number of aromatic nitrogens is 3. The molecular weight excluding hydrogens is 414 g/mol. The Morgan fingerprint density at radius 2 is 1.56 bits per heavy atom. The molecule has 0 bridgehead atoms. The first-order chi connectivity index (χ1) is 15.6. The first-order valence-electron chi connectivity index (χ1n) is 9.84. The minimum absolute atomic E-state index is 0.189. The SMILES string of the molecule is CCOC(=O)Cc1cccc(Nc2ncnc(Nc3cc(OC)c(OC)c(OC)c3)n2)c1. The first-order valence-corrected chi connectivity index (χ1v) is 9.84. The molecule has 0 radical (unpaired) electrons. The Morgan fingerprint density at radius 1 is 0.906 bits per heavy atom. The molecule has 3 rings (SSSR count). The number of ether oxygens (including phenoxy) is 4. The predicted molar refractivity (Wildman–Crippen MR) is 119 cm³/mol.